The lowest BCUT2D eigenvalue weighted by molar-refractivity contribution is -0.218. The van der Waals surface area contributed by atoms with Gasteiger partial charge >= 0.3 is 6.01 Å². The molecular weight excluding hydrogens is 610 g/mol. The monoisotopic (exact) mass is 646 g/mol. The second-order valence-electron chi connectivity index (χ2n) is 13.8. The first-order chi connectivity index (χ1) is 22.1. The van der Waals surface area contributed by atoms with Crippen LogP contribution >= 0.6 is 11.3 Å². The Labute approximate surface area is 269 Å². The molecule has 10 nitrogen and oxygen atoms in total. The summed E-state index contributed by atoms with van der Waals surface area (Å²) in [6.45, 7) is 3.83. The van der Waals surface area contributed by atoms with Crippen LogP contribution in [0.25, 0.3) is 32.2 Å². The van der Waals surface area contributed by atoms with Crippen molar-refractivity contribution in [1.29, 1.82) is 5.26 Å². The molecule has 13 heteroatoms. The van der Waals surface area contributed by atoms with Crippen LogP contribution in [0.5, 0.6) is 6.01 Å². The van der Waals surface area contributed by atoms with Gasteiger partial charge in [-0.25, -0.2) is 8.78 Å². The summed E-state index contributed by atoms with van der Waals surface area (Å²) < 4.78 is 43.6. The number of nitrogen functional groups attached to an aromatic ring is 1. The summed E-state index contributed by atoms with van der Waals surface area (Å²) >= 11 is 0.964. The summed E-state index contributed by atoms with van der Waals surface area (Å²) in [5.41, 5.74) is 6.49. The molecule has 2 N–H and O–H groups in total. The van der Waals surface area contributed by atoms with Crippen LogP contribution in [-0.2, 0) is 4.74 Å². The normalized spacial score (nSPS) is 22.5. The average Bonchev–Trinajstić information content (AvgIpc) is 3.68. The van der Waals surface area contributed by atoms with Gasteiger partial charge in [0.15, 0.2) is 5.82 Å². The van der Waals surface area contributed by atoms with E-state index in [1.165, 1.54) is 12.1 Å². The number of ether oxygens (including phenoxy) is 2. The molecule has 4 fully saturated rings. The van der Waals surface area contributed by atoms with E-state index in [1.807, 2.05) is 11.9 Å². The first kappa shape index (κ1) is 29.7. The number of likely N-dealkylation sites (tertiary alicyclic amines) is 1. The van der Waals surface area contributed by atoms with Crippen molar-refractivity contribution in [2.75, 3.05) is 64.6 Å². The number of anilines is 2. The average molecular weight is 647 g/mol. The maximum atomic E-state index is 16.7. The van der Waals surface area contributed by atoms with Crippen LogP contribution in [0.3, 0.4) is 0 Å². The van der Waals surface area contributed by atoms with Crippen LogP contribution in [0.4, 0.5) is 19.6 Å². The van der Waals surface area contributed by atoms with E-state index in [9.17, 15) is 9.65 Å². The lowest BCUT2D eigenvalue weighted by Gasteiger charge is -2.55. The number of aromatic nitrogens is 3. The van der Waals surface area contributed by atoms with Gasteiger partial charge in [-0.3, -0.25) is 9.88 Å². The molecular formula is C33H36F2N8O2S. The number of pyridine rings is 1. The Balaban J connectivity index is 1.19. The number of likely N-dealkylation sites (N-methyl/N-ethyl adjacent to an activating group) is 2. The lowest BCUT2D eigenvalue weighted by atomic mass is 9.75. The van der Waals surface area contributed by atoms with Crippen LogP contribution in [0.15, 0.2) is 18.3 Å². The lowest BCUT2D eigenvalue weighted by Crippen LogP contribution is -2.71. The van der Waals surface area contributed by atoms with Crippen LogP contribution in [0, 0.1) is 28.4 Å². The number of nitriles is 1. The molecule has 4 aromatic rings. The Kier molecular flexibility index (Phi) is 6.88. The molecule has 0 radical (unpaired) electrons. The van der Waals surface area contributed by atoms with Gasteiger partial charge in [0.05, 0.1) is 41.0 Å². The number of rotatable bonds is 10. The van der Waals surface area contributed by atoms with Gasteiger partial charge in [-0.2, -0.15) is 15.2 Å². The molecule has 0 bridgehead atoms. The van der Waals surface area contributed by atoms with E-state index in [-0.39, 0.29) is 54.4 Å². The third-order valence-corrected chi connectivity index (χ3v) is 11.8. The Morgan fingerprint density at radius 2 is 2.00 bits per heavy atom. The predicted molar refractivity (Wildman–Crippen MR) is 173 cm³/mol. The largest absolute Gasteiger partial charge is 0.463 e. The van der Waals surface area contributed by atoms with Gasteiger partial charge in [0.2, 0.25) is 0 Å². The number of thiophene rings is 1. The minimum absolute atomic E-state index is 0.0103. The Morgan fingerprint density at radius 3 is 2.61 bits per heavy atom. The maximum Gasteiger partial charge on any atom is 0.319 e. The minimum Gasteiger partial charge on any atom is -0.463 e. The van der Waals surface area contributed by atoms with Crippen molar-refractivity contribution < 1.29 is 18.3 Å². The summed E-state index contributed by atoms with van der Waals surface area (Å²) in [4.78, 5) is 20.8. The molecule has 2 saturated heterocycles. The summed E-state index contributed by atoms with van der Waals surface area (Å²) in [5, 5.41) is 10.7. The molecule has 5 heterocycles. The van der Waals surface area contributed by atoms with Crippen molar-refractivity contribution in [3.05, 3.63) is 35.5 Å². The van der Waals surface area contributed by atoms with Crippen molar-refractivity contribution in [3.8, 4) is 23.3 Å². The standard InChI is InChI=1S/C33H36F2N8O2S/c1-41(2)33(7-4-8-33)16-42(3)30-20-12-38-26(18-5-6-21(34)28-24(18)19(11-36)29(37)46-28)25(35)27(20)39-31(40-30)45-17-32(9-10-32)15-43-13-23-22(43)14-44-23/h5-6,12,22-23H,4,7-10,13-17,37H2,1-3H3/t22-,23?/m1/s1. The summed E-state index contributed by atoms with van der Waals surface area (Å²) in [6.07, 6.45) is 7.33. The molecule has 1 aromatic carbocycles. The zero-order valence-electron chi connectivity index (χ0n) is 26.1. The number of hydrogen-bond donors (Lipinski definition) is 1. The summed E-state index contributed by atoms with van der Waals surface area (Å²) in [5.74, 6) is -0.682. The Morgan fingerprint density at radius 1 is 1.20 bits per heavy atom. The van der Waals surface area contributed by atoms with Gasteiger partial charge in [0.1, 0.15) is 33.9 Å². The smallest absolute Gasteiger partial charge is 0.319 e. The molecule has 1 unspecified atom stereocenters. The van der Waals surface area contributed by atoms with Crippen LogP contribution in [-0.4, -0.2) is 96.4 Å². The molecule has 2 aliphatic carbocycles. The predicted octanol–water partition coefficient (Wildman–Crippen LogP) is 4.80. The second kappa shape index (κ2) is 10.7. The number of fused-ring (bicyclic) bond motifs is 3. The quantitative estimate of drug-likeness (QED) is 0.258. The topological polar surface area (TPSA) is 117 Å². The molecule has 46 heavy (non-hydrogen) atoms. The highest BCUT2D eigenvalue weighted by Gasteiger charge is 2.53. The van der Waals surface area contributed by atoms with Crippen LogP contribution in [0.1, 0.15) is 37.7 Å². The van der Waals surface area contributed by atoms with Gasteiger partial charge in [-0.15, -0.1) is 11.3 Å². The molecule has 2 atom stereocenters. The van der Waals surface area contributed by atoms with Gasteiger partial charge in [-0.05, 0) is 58.3 Å². The first-order valence-electron chi connectivity index (χ1n) is 15.8. The van der Waals surface area contributed by atoms with Crippen LogP contribution < -0.4 is 15.4 Å². The Bertz CT molecular complexity index is 1920. The molecule has 240 valence electrons. The van der Waals surface area contributed by atoms with E-state index in [4.69, 9.17) is 20.2 Å². The van der Waals surface area contributed by atoms with E-state index in [2.05, 4.69) is 39.9 Å². The minimum atomic E-state index is -0.690. The Hall–Kier alpha value is -3.70. The van der Waals surface area contributed by atoms with Crippen LogP contribution in [0.2, 0.25) is 0 Å². The molecule has 2 saturated carbocycles. The first-order valence-corrected chi connectivity index (χ1v) is 16.6. The van der Waals surface area contributed by atoms with Crippen molar-refractivity contribution in [2.24, 2.45) is 5.41 Å². The fourth-order valence-electron chi connectivity index (χ4n) is 7.33. The number of benzene rings is 1. The van der Waals surface area contributed by atoms with E-state index < -0.39 is 11.6 Å². The SMILES string of the molecule is CN(CC1(N(C)C)CCC1)c1nc(OCC2(CN3CC4OC[C@H]43)CC2)nc2c(F)c(-c3ccc(F)c4sc(N)c(C#N)c34)ncc12. The molecule has 0 spiro atoms. The zero-order chi connectivity index (χ0) is 32.0. The van der Waals surface area contributed by atoms with Gasteiger partial charge in [0.25, 0.3) is 0 Å². The van der Waals surface area contributed by atoms with Crippen molar-refractivity contribution in [2.45, 2.75) is 49.8 Å². The molecule has 4 aliphatic rings. The molecule has 3 aromatic heterocycles. The third-order valence-electron chi connectivity index (χ3n) is 10.8. The van der Waals surface area contributed by atoms with E-state index >= 15 is 4.39 Å². The zero-order valence-corrected chi connectivity index (χ0v) is 27.0. The number of hydrogen-bond acceptors (Lipinski definition) is 11. The van der Waals surface area contributed by atoms with Crippen molar-refractivity contribution in [3.63, 3.8) is 0 Å². The van der Waals surface area contributed by atoms with E-state index in [1.54, 1.807) is 6.20 Å². The highest BCUT2D eigenvalue weighted by molar-refractivity contribution is 7.23. The van der Waals surface area contributed by atoms with Crippen molar-refractivity contribution >= 4 is 43.1 Å². The van der Waals surface area contributed by atoms with E-state index in [0.717, 1.165) is 63.1 Å². The molecule has 8 rings (SSSR count). The maximum absolute atomic E-state index is 16.7. The van der Waals surface area contributed by atoms with Gasteiger partial charge in [0, 0.05) is 54.8 Å². The van der Waals surface area contributed by atoms with E-state index in [0.29, 0.717) is 36.5 Å². The summed E-state index contributed by atoms with van der Waals surface area (Å²) in [6, 6.07) is 5.37. The fraction of sp³-hybridized carbons (Fsp3) is 0.515. The van der Waals surface area contributed by atoms with Crippen molar-refractivity contribution in [1.82, 2.24) is 24.8 Å². The second-order valence-corrected chi connectivity index (χ2v) is 14.8. The molecule has 0 amide bonds. The number of halogens is 2. The number of nitrogens with two attached hydrogens (primary N) is 1. The summed E-state index contributed by atoms with van der Waals surface area (Å²) in [7, 11) is 6.14. The fourth-order valence-corrected chi connectivity index (χ4v) is 8.28. The number of nitrogens with zero attached hydrogens (tertiary/aromatic N) is 7. The van der Waals surface area contributed by atoms with Gasteiger partial charge in [-0.1, -0.05) is 0 Å². The highest BCUT2D eigenvalue weighted by atomic mass is 32.1. The number of morpholine rings is 1. The highest BCUT2D eigenvalue weighted by Crippen LogP contribution is 2.49. The van der Waals surface area contributed by atoms with Gasteiger partial charge < -0.3 is 25.0 Å². The third kappa shape index (κ3) is 4.60. The molecule has 2 aliphatic heterocycles.